The highest BCUT2D eigenvalue weighted by atomic mass is 16.5. The minimum atomic E-state index is -0.277. The molecular weight excluding hydrogens is 254 g/mol. The summed E-state index contributed by atoms with van der Waals surface area (Å²) < 4.78 is 10.2. The zero-order chi connectivity index (χ0) is 14.4. The molecular formula is C16H23NO3. The molecule has 0 bridgehead atoms. The van der Waals surface area contributed by atoms with Crippen LogP contribution in [0.15, 0.2) is 24.3 Å². The van der Waals surface area contributed by atoms with Crippen molar-refractivity contribution in [2.75, 3.05) is 20.3 Å². The van der Waals surface area contributed by atoms with Crippen molar-refractivity contribution in [1.82, 2.24) is 5.32 Å². The van der Waals surface area contributed by atoms with Crippen LogP contribution < -0.4 is 5.32 Å². The first-order chi connectivity index (χ1) is 9.72. The molecule has 1 aromatic rings. The van der Waals surface area contributed by atoms with Crippen LogP contribution in [-0.4, -0.2) is 32.3 Å². The molecule has 0 spiro atoms. The van der Waals surface area contributed by atoms with E-state index in [9.17, 15) is 4.79 Å². The summed E-state index contributed by atoms with van der Waals surface area (Å²) in [6, 6.07) is 8.00. The molecule has 1 aliphatic heterocycles. The summed E-state index contributed by atoms with van der Waals surface area (Å²) in [5, 5.41) is 3.52. The van der Waals surface area contributed by atoms with Crippen molar-refractivity contribution >= 4 is 5.97 Å². The molecule has 0 aromatic heterocycles. The number of carbonyl (C=O) groups is 1. The Bertz CT molecular complexity index is 441. The van der Waals surface area contributed by atoms with Gasteiger partial charge in [-0.25, -0.2) is 4.79 Å². The molecule has 0 aliphatic carbocycles. The van der Waals surface area contributed by atoms with Crippen LogP contribution in [0, 0.1) is 5.92 Å². The zero-order valence-corrected chi connectivity index (χ0v) is 12.2. The van der Waals surface area contributed by atoms with Gasteiger partial charge in [0.1, 0.15) is 0 Å². The average Bonchev–Trinajstić information content (AvgIpc) is 2.53. The number of carbonyl (C=O) groups excluding carboxylic acids is 1. The zero-order valence-electron chi connectivity index (χ0n) is 12.2. The fraction of sp³-hybridized carbons (Fsp3) is 0.562. The van der Waals surface area contributed by atoms with Crippen LogP contribution in [0.3, 0.4) is 0 Å². The Hall–Kier alpha value is -1.39. The summed E-state index contributed by atoms with van der Waals surface area (Å²) in [4.78, 5) is 11.7. The van der Waals surface area contributed by atoms with Gasteiger partial charge in [-0.05, 0) is 37.3 Å². The Morgan fingerprint density at radius 2 is 2.10 bits per heavy atom. The highest BCUT2D eigenvalue weighted by Gasteiger charge is 2.20. The molecule has 1 aliphatic rings. The van der Waals surface area contributed by atoms with Gasteiger partial charge in [0.05, 0.1) is 12.7 Å². The summed E-state index contributed by atoms with van der Waals surface area (Å²) in [5.74, 6) is 0.371. The van der Waals surface area contributed by atoms with Crippen molar-refractivity contribution in [3.05, 3.63) is 35.4 Å². The van der Waals surface area contributed by atoms with Crippen LogP contribution in [0.25, 0.3) is 0 Å². The first-order valence-electron chi connectivity index (χ1n) is 7.19. The Labute approximate surface area is 120 Å². The van der Waals surface area contributed by atoms with Crippen LogP contribution in [0.4, 0.5) is 0 Å². The van der Waals surface area contributed by atoms with E-state index >= 15 is 0 Å². The quantitative estimate of drug-likeness (QED) is 0.839. The molecule has 0 saturated carbocycles. The lowest BCUT2D eigenvalue weighted by Crippen LogP contribution is -2.36. The molecule has 110 valence electrons. The lowest BCUT2D eigenvalue weighted by Gasteiger charge is -2.28. The Morgan fingerprint density at radius 3 is 2.80 bits per heavy atom. The molecule has 1 aromatic carbocycles. The summed E-state index contributed by atoms with van der Waals surface area (Å²) in [6.45, 7) is 4.60. The largest absolute Gasteiger partial charge is 0.465 e. The number of nitrogens with one attached hydrogen (secondary N) is 1. The molecule has 1 fully saturated rings. The van der Waals surface area contributed by atoms with Crippen LogP contribution in [0.1, 0.15) is 35.7 Å². The molecule has 1 N–H and O–H groups in total. The normalized spacial score (nSPS) is 17.7. The van der Waals surface area contributed by atoms with Crippen molar-refractivity contribution in [3.63, 3.8) is 0 Å². The van der Waals surface area contributed by atoms with Gasteiger partial charge in [-0.1, -0.05) is 18.2 Å². The van der Waals surface area contributed by atoms with E-state index in [-0.39, 0.29) is 5.97 Å². The fourth-order valence-corrected chi connectivity index (χ4v) is 2.64. The second-order valence-corrected chi connectivity index (χ2v) is 5.27. The smallest absolute Gasteiger partial charge is 0.338 e. The fourth-order valence-electron chi connectivity index (χ4n) is 2.64. The summed E-state index contributed by atoms with van der Waals surface area (Å²) in [7, 11) is 1.41. The van der Waals surface area contributed by atoms with Crippen molar-refractivity contribution in [2.24, 2.45) is 5.92 Å². The minimum Gasteiger partial charge on any atom is -0.465 e. The number of hydrogen-bond donors (Lipinski definition) is 1. The summed E-state index contributed by atoms with van der Waals surface area (Å²) in [5.41, 5.74) is 1.62. The van der Waals surface area contributed by atoms with Gasteiger partial charge >= 0.3 is 5.97 Å². The van der Waals surface area contributed by atoms with Crippen LogP contribution in [-0.2, 0) is 16.0 Å². The maximum atomic E-state index is 11.7. The number of hydrogen-bond acceptors (Lipinski definition) is 4. The van der Waals surface area contributed by atoms with Gasteiger partial charge in [-0.2, -0.15) is 0 Å². The standard InChI is InChI=1S/C16H23NO3/c1-12(13-7-9-20-10-8-13)17-11-14-5-3-4-6-15(14)16(18)19-2/h3-6,12-13,17H,7-11H2,1-2H3. The van der Waals surface area contributed by atoms with Gasteiger partial charge < -0.3 is 14.8 Å². The molecule has 0 radical (unpaired) electrons. The molecule has 4 heteroatoms. The van der Waals surface area contributed by atoms with Crippen molar-refractivity contribution < 1.29 is 14.3 Å². The second-order valence-electron chi connectivity index (χ2n) is 5.27. The van der Waals surface area contributed by atoms with Gasteiger partial charge in [0, 0.05) is 25.8 Å². The number of rotatable bonds is 5. The predicted octanol–water partition coefficient (Wildman–Crippen LogP) is 2.38. The maximum absolute atomic E-state index is 11.7. The number of methoxy groups -OCH3 is 1. The molecule has 1 saturated heterocycles. The topological polar surface area (TPSA) is 47.6 Å². The molecule has 20 heavy (non-hydrogen) atoms. The third-order valence-corrected chi connectivity index (χ3v) is 4.01. The number of ether oxygens (including phenoxy) is 2. The van der Waals surface area contributed by atoms with E-state index in [1.54, 1.807) is 0 Å². The average molecular weight is 277 g/mol. The highest BCUT2D eigenvalue weighted by Crippen LogP contribution is 2.19. The molecule has 1 atom stereocenters. The third kappa shape index (κ3) is 3.81. The van der Waals surface area contributed by atoms with Gasteiger partial charge in [-0.15, -0.1) is 0 Å². The number of benzene rings is 1. The number of esters is 1. The van der Waals surface area contributed by atoms with Crippen molar-refractivity contribution in [1.29, 1.82) is 0 Å². The first-order valence-corrected chi connectivity index (χ1v) is 7.19. The van der Waals surface area contributed by atoms with Gasteiger partial charge in [0.25, 0.3) is 0 Å². The van der Waals surface area contributed by atoms with Crippen LogP contribution in [0.2, 0.25) is 0 Å². The van der Waals surface area contributed by atoms with E-state index in [2.05, 4.69) is 12.2 Å². The maximum Gasteiger partial charge on any atom is 0.338 e. The van der Waals surface area contributed by atoms with Gasteiger partial charge in [0.2, 0.25) is 0 Å². The van der Waals surface area contributed by atoms with Gasteiger partial charge in [0.15, 0.2) is 0 Å². The Kier molecular flexibility index (Phi) is 5.56. The minimum absolute atomic E-state index is 0.277. The molecule has 1 heterocycles. The second kappa shape index (κ2) is 7.41. The summed E-state index contributed by atoms with van der Waals surface area (Å²) in [6.07, 6.45) is 2.21. The van der Waals surface area contributed by atoms with E-state index in [1.807, 2.05) is 24.3 Å². The van der Waals surface area contributed by atoms with E-state index in [0.717, 1.165) is 31.6 Å². The lowest BCUT2D eigenvalue weighted by atomic mass is 9.92. The predicted molar refractivity (Wildman–Crippen MR) is 77.6 cm³/mol. The van der Waals surface area contributed by atoms with Crippen molar-refractivity contribution in [3.8, 4) is 0 Å². The molecule has 0 amide bonds. The lowest BCUT2D eigenvalue weighted by molar-refractivity contribution is 0.0557. The van der Waals surface area contributed by atoms with Crippen molar-refractivity contribution in [2.45, 2.75) is 32.4 Å². The summed E-state index contributed by atoms with van der Waals surface area (Å²) >= 11 is 0. The first kappa shape index (κ1) is 15.0. The molecule has 4 nitrogen and oxygen atoms in total. The van der Waals surface area contributed by atoms with Crippen LogP contribution in [0.5, 0.6) is 0 Å². The monoisotopic (exact) mass is 277 g/mol. The molecule has 2 rings (SSSR count). The van der Waals surface area contributed by atoms with E-state index in [0.29, 0.717) is 24.1 Å². The van der Waals surface area contributed by atoms with E-state index < -0.39 is 0 Å². The van der Waals surface area contributed by atoms with E-state index in [1.165, 1.54) is 7.11 Å². The van der Waals surface area contributed by atoms with Gasteiger partial charge in [-0.3, -0.25) is 0 Å². The third-order valence-electron chi connectivity index (χ3n) is 4.01. The Balaban J connectivity index is 1.94. The highest BCUT2D eigenvalue weighted by molar-refractivity contribution is 5.90. The Morgan fingerprint density at radius 1 is 1.40 bits per heavy atom. The van der Waals surface area contributed by atoms with Crippen LogP contribution >= 0.6 is 0 Å². The molecule has 1 unspecified atom stereocenters. The van der Waals surface area contributed by atoms with E-state index in [4.69, 9.17) is 9.47 Å². The SMILES string of the molecule is COC(=O)c1ccccc1CNC(C)C1CCOCC1.